The van der Waals surface area contributed by atoms with E-state index in [9.17, 15) is 29.7 Å². The maximum atomic E-state index is 12.1. The zero-order valence-corrected chi connectivity index (χ0v) is 8.38. The predicted molar refractivity (Wildman–Crippen MR) is 41.7 cm³/mol. The molecule has 0 unspecified atom stereocenters. The van der Waals surface area contributed by atoms with Gasteiger partial charge < -0.3 is 0 Å². The van der Waals surface area contributed by atoms with Crippen LogP contribution in [0, 0.1) is 0 Å². The van der Waals surface area contributed by atoms with Gasteiger partial charge in [0.15, 0.2) is 0 Å². The number of halogens is 8. The van der Waals surface area contributed by atoms with Crippen LogP contribution in [0.25, 0.3) is 0 Å². The molecule has 1 aromatic rings. The molecule has 0 saturated carbocycles. The Morgan fingerprint density at radius 3 is 1.60 bits per heavy atom. The Balaban J connectivity index is 0.000000265. The summed E-state index contributed by atoms with van der Waals surface area (Å²) in [5.41, 5.74) is 0. The molecule has 90 valence electrons. The van der Waals surface area contributed by atoms with Gasteiger partial charge in [-0.3, -0.25) is 0 Å². The van der Waals surface area contributed by atoms with E-state index in [0.29, 0.717) is 4.79 Å². The molecule has 0 aliphatic carbocycles. The van der Waals surface area contributed by atoms with Gasteiger partial charge >= 0.3 is 38.1 Å². The van der Waals surface area contributed by atoms with Crippen LogP contribution in [0.2, 0.25) is 5.15 Å². The number of aromatic nitrogens is 1. The van der Waals surface area contributed by atoms with Gasteiger partial charge in [0.25, 0.3) is 0 Å². The molecule has 1 rings (SSSR count). The molecule has 1 aromatic heterocycles. The van der Waals surface area contributed by atoms with E-state index in [1.165, 1.54) is 12.3 Å². The van der Waals surface area contributed by atoms with Gasteiger partial charge in [0.1, 0.15) is 0 Å². The van der Waals surface area contributed by atoms with Crippen LogP contribution in [0.4, 0.5) is 29.7 Å². The van der Waals surface area contributed by atoms with Crippen molar-refractivity contribution in [3.8, 4) is 0 Å². The third kappa shape index (κ3) is 16.1. The molecule has 15 heavy (non-hydrogen) atoms. The van der Waals surface area contributed by atoms with Gasteiger partial charge in [-0.1, -0.05) is 0 Å². The quantitative estimate of drug-likeness (QED) is 0.366. The van der Waals surface area contributed by atoms with Gasteiger partial charge in [-0.25, -0.2) is 0 Å². The third-order valence-corrected chi connectivity index (χ3v) is 1.05. The molecule has 1 nitrogen and oxygen atoms in total. The summed E-state index contributed by atoms with van der Waals surface area (Å²) < 4.78 is 71.3. The summed E-state index contributed by atoms with van der Waals surface area (Å²) in [6.07, 6.45) is 1.24. The van der Waals surface area contributed by atoms with Crippen LogP contribution in [0.5, 0.6) is 0 Å². The first-order valence-electron chi connectivity index (χ1n) is 3.14. The van der Waals surface area contributed by atoms with Crippen LogP contribution in [0.3, 0.4) is 0 Å². The molecule has 0 spiro atoms. The molecule has 0 aromatic carbocycles. The molecule has 0 radical (unpaired) electrons. The van der Waals surface area contributed by atoms with Crippen molar-refractivity contribution in [2.24, 2.45) is 0 Å². The van der Waals surface area contributed by atoms with Gasteiger partial charge in [-0.2, -0.15) is 0 Å². The Morgan fingerprint density at radius 1 is 1.00 bits per heavy atom. The van der Waals surface area contributed by atoms with Crippen LogP contribution in [-0.4, -0.2) is 0 Å². The van der Waals surface area contributed by atoms with Crippen molar-refractivity contribution < 1.29 is 34.5 Å². The van der Waals surface area contributed by atoms with Gasteiger partial charge in [-0.05, 0) is 17.7 Å². The van der Waals surface area contributed by atoms with E-state index in [1.807, 2.05) is 0 Å². The molecular weight excluding hydrogens is 273 g/mol. The molecule has 0 amide bonds. The van der Waals surface area contributed by atoms with Gasteiger partial charge in [-0.15, -0.1) is 0 Å². The summed E-state index contributed by atoms with van der Waals surface area (Å²) in [7, 11) is -10.7. The fourth-order valence-corrected chi connectivity index (χ4v) is 0.532. The number of rotatable bonds is 0. The molecule has 10 heteroatoms. The Bertz CT molecular complexity index is 314. The Morgan fingerprint density at radius 2 is 1.40 bits per heavy atom. The predicted octanol–water partition coefficient (Wildman–Crippen LogP) is 4.74. The van der Waals surface area contributed by atoms with Crippen molar-refractivity contribution >= 4 is 19.4 Å². The van der Waals surface area contributed by atoms with Crippen LogP contribution in [-0.2, 0) is 0 Å². The van der Waals surface area contributed by atoms with Crippen molar-refractivity contribution in [1.82, 2.24) is 0 Å². The molecule has 0 aliphatic heterocycles. The maximum Gasteiger partial charge on any atom is 0.321 e. The first kappa shape index (κ1) is 14.4. The third-order valence-electron chi connectivity index (χ3n) is 0.766. The smallest absolute Gasteiger partial charge is 0.0484 e. The van der Waals surface area contributed by atoms with Crippen LogP contribution >= 0.6 is 19.4 Å². The molecule has 0 bridgehead atoms. The molecule has 0 aliphatic rings. The average molecular weight is 278 g/mol. The van der Waals surface area contributed by atoms with Gasteiger partial charge in [0.2, 0.25) is 6.20 Å². The summed E-state index contributed by atoms with van der Waals surface area (Å²) in [5, 5.41) is 0.0903. The van der Waals surface area contributed by atoms with E-state index in [1.54, 1.807) is 12.1 Å². The van der Waals surface area contributed by atoms with E-state index >= 15 is 0 Å². The largest absolute Gasteiger partial charge is 0.321 e. The topological polar surface area (TPSA) is 3.88 Å². The summed E-state index contributed by atoms with van der Waals surface area (Å²) in [4.78, 5) is 0.349. The first-order chi connectivity index (χ1) is 6.25. The summed E-state index contributed by atoms with van der Waals surface area (Å²) >= 11 is 5.30. The van der Waals surface area contributed by atoms with Crippen molar-refractivity contribution in [1.29, 1.82) is 0 Å². The van der Waals surface area contributed by atoms with E-state index in [-0.39, 0.29) is 5.15 Å². The van der Waals surface area contributed by atoms with E-state index < -0.39 is 7.81 Å². The zero-order valence-electron chi connectivity index (χ0n) is 6.73. The minimum absolute atomic E-state index is 0.0903. The fraction of sp³-hybridized carbons (Fsp3) is 0. The monoisotopic (exact) mass is 277 g/mol. The van der Waals surface area contributed by atoms with Gasteiger partial charge in [0.05, 0.1) is 4.48 Å². The SMILES string of the molecule is F[P-](F)(F)(F)(F)F.F[n+]1ccccc1Cl. The molecular formula is C5H4ClF7NP. The van der Waals surface area contributed by atoms with Crippen molar-refractivity contribution in [3.63, 3.8) is 0 Å². The summed E-state index contributed by atoms with van der Waals surface area (Å²) in [6, 6.07) is 4.70. The molecule has 0 N–H and O–H groups in total. The molecule has 0 fully saturated rings. The maximum absolute atomic E-state index is 12.1. The van der Waals surface area contributed by atoms with E-state index in [0.717, 1.165) is 0 Å². The fourth-order valence-electron chi connectivity index (χ4n) is 0.403. The number of nitrogens with zero attached hydrogens (tertiary/aromatic N) is 1. The van der Waals surface area contributed by atoms with Crippen LogP contribution in [0.15, 0.2) is 24.4 Å². The number of hydrogen-bond donors (Lipinski definition) is 0. The molecule has 0 saturated heterocycles. The number of hydrogen-bond acceptors (Lipinski definition) is 0. The average Bonchev–Trinajstić information content (AvgIpc) is 1.88. The van der Waals surface area contributed by atoms with E-state index in [4.69, 9.17) is 11.6 Å². The molecule has 1 heterocycles. The van der Waals surface area contributed by atoms with Crippen molar-refractivity contribution in [2.75, 3.05) is 0 Å². The normalized spacial score (nSPS) is 15.7. The standard InChI is InChI=1S/C5H4ClFN.F6P/c6-5-3-1-2-4-8(5)7;1-7(2,3,4,5)6/h1-4H;/q+1;-1. The van der Waals surface area contributed by atoms with Gasteiger partial charge in [0, 0.05) is 16.9 Å². The second-order valence-electron chi connectivity index (χ2n) is 2.29. The Labute approximate surface area is 84.3 Å². The van der Waals surface area contributed by atoms with E-state index in [2.05, 4.69) is 0 Å². The first-order valence-corrected chi connectivity index (χ1v) is 5.55. The Kier molecular flexibility index (Phi) is 3.31. The van der Waals surface area contributed by atoms with Crippen LogP contribution < -0.4 is 4.79 Å². The Hall–Kier alpha value is -0.620. The number of pyridine rings is 1. The van der Waals surface area contributed by atoms with Crippen molar-refractivity contribution in [3.05, 3.63) is 29.5 Å². The minimum atomic E-state index is -10.7. The molecule has 0 atom stereocenters. The second kappa shape index (κ2) is 3.45. The summed E-state index contributed by atoms with van der Waals surface area (Å²) in [6.45, 7) is 0. The van der Waals surface area contributed by atoms with Crippen molar-refractivity contribution in [2.45, 2.75) is 0 Å². The summed E-state index contributed by atoms with van der Waals surface area (Å²) in [5.74, 6) is 0. The van der Waals surface area contributed by atoms with Crippen LogP contribution in [0.1, 0.15) is 0 Å². The minimum Gasteiger partial charge on any atom is -0.0484 e. The zero-order chi connectivity index (χ0) is 12.4. The second-order valence-corrected chi connectivity index (χ2v) is 4.60.